The van der Waals surface area contributed by atoms with Crippen molar-refractivity contribution in [1.82, 2.24) is 19.9 Å². The predicted molar refractivity (Wildman–Crippen MR) is 91.3 cm³/mol. The van der Waals surface area contributed by atoms with Crippen LogP contribution in [0.2, 0.25) is 0 Å². The average Bonchev–Trinajstić information content (AvgIpc) is 3.07. The summed E-state index contributed by atoms with van der Waals surface area (Å²) >= 11 is 0. The smallest absolute Gasteiger partial charge is 0.236 e. The molecule has 7 nitrogen and oxygen atoms in total. The lowest BCUT2D eigenvalue weighted by molar-refractivity contribution is -0.130. The van der Waals surface area contributed by atoms with Gasteiger partial charge < -0.3 is 14.8 Å². The Balaban J connectivity index is 1.79. The van der Waals surface area contributed by atoms with Crippen LogP contribution in [0, 0.1) is 17.2 Å². The van der Waals surface area contributed by atoms with Crippen molar-refractivity contribution in [2.24, 2.45) is 5.92 Å². The number of hydrogen-bond donors (Lipinski definition) is 1. The van der Waals surface area contributed by atoms with Crippen LogP contribution < -0.4 is 4.90 Å². The Labute approximate surface area is 141 Å². The molecule has 0 unspecified atom stereocenters. The molecular formula is C17H22N6O. The van der Waals surface area contributed by atoms with Crippen LogP contribution in [0.5, 0.6) is 0 Å². The normalized spacial score (nSPS) is 19.4. The molecule has 1 fully saturated rings. The molecular weight excluding hydrogens is 304 g/mol. The van der Waals surface area contributed by atoms with Crippen molar-refractivity contribution >= 4 is 22.8 Å². The zero-order valence-corrected chi connectivity index (χ0v) is 13.9. The standard InChI is InChI=1S/C17H22N6O/c1-13-10-22(15(24)4-6-18)8-2-3-9-23(11-13)17-14-5-7-19-16(14)20-12-21-17/h5,7,12-13H,2-4,8-11H2,1H3,(H,19,20,21)/t13-/m0/s1. The second-order valence-corrected chi connectivity index (χ2v) is 6.37. The molecule has 1 aliphatic rings. The van der Waals surface area contributed by atoms with Gasteiger partial charge in [-0.1, -0.05) is 6.92 Å². The van der Waals surface area contributed by atoms with Crippen LogP contribution in [0.25, 0.3) is 11.0 Å². The van der Waals surface area contributed by atoms with Gasteiger partial charge in [-0.25, -0.2) is 9.97 Å². The van der Waals surface area contributed by atoms with Crippen LogP contribution in [0.3, 0.4) is 0 Å². The van der Waals surface area contributed by atoms with E-state index in [9.17, 15) is 4.79 Å². The lowest BCUT2D eigenvalue weighted by Gasteiger charge is -2.28. The average molecular weight is 326 g/mol. The number of rotatable bonds is 2. The summed E-state index contributed by atoms with van der Waals surface area (Å²) in [5.74, 6) is 1.19. The molecule has 24 heavy (non-hydrogen) atoms. The number of hydrogen-bond acceptors (Lipinski definition) is 5. The second kappa shape index (κ2) is 7.30. The monoisotopic (exact) mass is 326 g/mol. The van der Waals surface area contributed by atoms with Crippen LogP contribution in [-0.2, 0) is 4.79 Å². The van der Waals surface area contributed by atoms with Crippen LogP contribution in [0.4, 0.5) is 5.82 Å². The zero-order chi connectivity index (χ0) is 16.9. The number of fused-ring (bicyclic) bond motifs is 1. The fourth-order valence-corrected chi connectivity index (χ4v) is 3.31. The van der Waals surface area contributed by atoms with E-state index in [1.807, 2.05) is 23.2 Å². The van der Waals surface area contributed by atoms with Gasteiger partial charge in [-0.15, -0.1) is 0 Å². The number of nitrogens with zero attached hydrogens (tertiary/aromatic N) is 5. The molecule has 1 amide bonds. The molecule has 0 aromatic carbocycles. The topological polar surface area (TPSA) is 88.9 Å². The summed E-state index contributed by atoms with van der Waals surface area (Å²) in [5, 5.41) is 9.79. The van der Waals surface area contributed by atoms with Crippen molar-refractivity contribution in [3.05, 3.63) is 18.6 Å². The summed E-state index contributed by atoms with van der Waals surface area (Å²) in [4.78, 5) is 28.1. The van der Waals surface area contributed by atoms with E-state index in [-0.39, 0.29) is 12.3 Å². The quantitative estimate of drug-likeness (QED) is 0.911. The number of aromatic amines is 1. The minimum absolute atomic E-state index is 0.0354. The fourth-order valence-electron chi connectivity index (χ4n) is 3.31. The van der Waals surface area contributed by atoms with E-state index < -0.39 is 0 Å². The molecule has 3 heterocycles. The SMILES string of the molecule is C[C@H]1CN(C(=O)CC#N)CCCCN(c2ncnc3[nH]ccc23)C1. The number of H-pyrrole nitrogens is 1. The lowest BCUT2D eigenvalue weighted by atomic mass is 10.1. The molecule has 2 aromatic heterocycles. The van der Waals surface area contributed by atoms with Crippen molar-refractivity contribution in [2.45, 2.75) is 26.2 Å². The van der Waals surface area contributed by atoms with Crippen molar-refractivity contribution in [3.8, 4) is 6.07 Å². The van der Waals surface area contributed by atoms with Crippen LogP contribution in [0.15, 0.2) is 18.6 Å². The van der Waals surface area contributed by atoms with E-state index in [0.717, 1.165) is 49.3 Å². The summed E-state index contributed by atoms with van der Waals surface area (Å²) < 4.78 is 0. The van der Waals surface area contributed by atoms with Gasteiger partial charge in [0.25, 0.3) is 0 Å². The molecule has 126 valence electrons. The number of amides is 1. The maximum Gasteiger partial charge on any atom is 0.236 e. The molecule has 0 bridgehead atoms. The van der Waals surface area contributed by atoms with Gasteiger partial charge in [0.1, 0.15) is 24.2 Å². The second-order valence-electron chi connectivity index (χ2n) is 6.37. The first-order valence-electron chi connectivity index (χ1n) is 8.37. The first-order chi connectivity index (χ1) is 11.7. The number of nitrogens with one attached hydrogen (secondary N) is 1. The minimum atomic E-state index is -0.0622. The van der Waals surface area contributed by atoms with Gasteiger partial charge in [0.2, 0.25) is 5.91 Å². The Morgan fingerprint density at radius 2 is 2.21 bits per heavy atom. The van der Waals surface area contributed by atoms with Gasteiger partial charge in [0.15, 0.2) is 0 Å². The maximum absolute atomic E-state index is 12.1. The van der Waals surface area contributed by atoms with Crippen molar-refractivity contribution in [3.63, 3.8) is 0 Å². The van der Waals surface area contributed by atoms with Gasteiger partial charge >= 0.3 is 0 Å². The van der Waals surface area contributed by atoms with E-state index >= 15 is 0 Å². The van der Waals surface area contributed by atoms with Gasteiger partial charge in [-0.05, 0) is 24.8 Å². The van der Waals surface area contributed by atoms with Crippen LogP contribution in [0.1, 0.15) is 26.2 Å². The molecule has 2 aromatic rings. The van der Waals surface area contributed by atoms with Gasteiger partial charge in [0, 0.05) is 32.4 Å². The van der Waals surface area contributed by atoms with E-state index in [1.54, 1.807) is 6.33 Å². The third-order valence-electron chi connectivity index (χ3n) is 4.39. The largest absolute Gasteiger partial charge is 0.356 e. The van der Waals surface area contributed by atoms with Gasteiger partial charge in [0.05, 0.1) is 11.5 Å². The Morgan fingerprint density at radius 3 is 3.04 bits per heavy atom. The number of carbonyl (C=O) groups is 1. The highest BCUT2D eigenvalue weighted by Crippen LogP contribution is 2.24. The fraction of sp³-hybridized carbons (Fsp3) is 0.529. The van der Waals surface area contributed by atoms with Crippen LogP contribution >= 0.6 is 0 Å². The molecule has 0 saturated carbocycles. The Kier molecular flexibility index (Phi) is 4.94. The van der Waals surface area contributed by atoms with E-state index in [2.05, 4.69) is 26.8 Å². The van der Waals surface area contributed by atoms with E-state index in [4.69, 9.17) is 5.26 Å². The minimum Gasteiger partial charge on any atom is -0.356 e. The van der Waals surface area contributed by atoms with E-state index in [1.165, 1.54) is 0 Å². The Hall–Kier alpha value is -2.62. The maximum atomic E-state index is 12.1. The van der Waals surface area contributed by atoms with E-state index in [0.29, 0.717) is 12.5 Å². The molecule has 0 radical (unpaired) electrons. The van der Waals surface area contributed by atoms with Gasteiger partial charge in [-0.2, -0.15) is 5.26 Å². The Morgan fingerprint density at radius 1 is 1.38 bits per heavy atom. The number of carbonyl (C=O) groups excluding carboxylic acids is 1. The molecule has 1 atom stereocenters. The molecule has 1 saturated heterocycles. The third kappa shape index (κ3) is 3.48. The van der Waals surface area contributed by atoms with Crippen LogP contribution in [-0.4, -0.2) is 51.9 Å². The molecule has 7 heteroatoms. The molecule has 1 N–H and O–H groups in total. The van der Waals surface area contributed by atoms with Crippen molar-refractivity contribution in [2.75, 3.05) is 31.1 Å². The number of anilines is 1. The highest BCUT2D eigenvalue weighted by Gasteiger charge is 2.22. The summed E-state index contributed by atoms with van der Waals surface area (Å²) in [6.45, 7) is 5.27. The molecule has 3 rings (SSSR count). The molecule has 0 spiro atoms. The first-order valence-corrected chi connectivity index (χ1v) is 8.37. The highest BCUT2D eigenvalue weighted by molar-refractivity contribution is 5.87. The summed E-state index contributed by atoms with van der Waals surface area (Å²) in [7, 11) is 0. The van der Waals surface area contributed by atoms with Gasteiger partial charge in [-0.3, -0.25) is 4.79 Å². The third-order valence-corrected chi connectivity index (χ3v) is 4.39. The Bertz CT molecular complexity index is 749. The predicted octanol–water partition coefficient (Wildman–Crippen LogP) is 1.94. The first kappa shape index (κ1) is 16.2. The number of aromatic nitrogens is 3. The molecule has 1 aliphatic heterocycles. The summed E-state index contributed by atoms with van der Waals surface area (Å²) in [5.41, 5.74) is 0.846. The van der Waals surface area contributed by atoms with Crippen molar-refractivity contribution in [1.29, 1.82) is 5.26 Å². The molecule has 0 aliphatic carbocycles. The zero-order valence-electron chi connectivity index (χ0n) is 13.9. The highest BCUT2D eigenvalue weighted by atomic mass is 16.2. The lowest BCUT2D eigenvalue weighted by Crippen LogP contribution is -2.38. The number of nitriles is 1. The summed E-state index contributed by atoms with van der Waals surface area (Å²) in [6, 6.07) is 3.97. The van der Waals surface area contributed by atoms with Crippen molar-refractivity contribution < 1.29 is 4.79 Å². The summed E-state index contributed by atoms with van der Waals surface area (Å²) in [6.07, 6.45) is 5.35.